The van der Waals surface area contributed by atoms with E-state index >= 15 is 0 Å². The predicted octanol–water partition coefficient (Wildman–Crippen LogP) is 4.94. The molecule has 0 unspecified atom stereocenters. The summed E-state index contributed by atoms with van der Waals surface area (Å²) < 4.78 is 14.6. The van der Waals surface area contributed by atoms with Gasteiger partial charge >= 0.3 is 0 Å². The molecule has 0 radical (unpaired) electrons. The van der Waals surface area contributed by atoms with Gasteiger partial charge in [0, 0.05) is 42.3 Å². The predicted molar refractivity (Wildman–Crippen MR) is 128 cm³/mol. The van der Waals surface area contributed by atoms with Crippen LogP contribution in [0.15, 0.2) is 42.9 Å². The van der Waals surface area contributed by atoms with Crippen LogP contribution in [-0.4, -0.2) is 50.1 Å². The first kappa shape index (κ1) is 22.7. The molecule has 176 valence electrons. The van der Waals surface area contributed by atoms with Gasteiger partial charge in [0.1, 0.15) is 11.6 Å². The molecule has 2 aliphatic rings. The topological polar surface area (TPSA) is 91.2 Å². The van der Waals surface area contributed by atoms with Crippen molar-refractivity contribution < 1.29 is 14.3 Å². The van der Waals surface area contributed by atoms with Crippen molar-refractivity contribution in [2.45, 2.75) is 44.1 Å². The van der Waals surface area contributed by atoms with Crippen molar-refractivity contribution in [2.24, 2.45) is 0 Å². The molecule has 1 atom stereocenters. The van der Waals surface area contributed by atoms with Crippen molar-refractivity contribution in [1.82, 2.24) is 19.9 Å². The maximum atomic E-state index is 14.6. The molecule has 1 aromatic carbocycles. The van der Waals surface area contributed by atoms with Crippen molar-refractivity contribution in [2.75, 3.05) is 18.4 Å². The Morgan fingerprint density at radius 1 is 1.18 bits per heavy atom. The van der Waals surface area contributed by atoms with Gasteiger partial charge in [-0.15, -0.1) is 0 Å². The number of likely N-dealkylation sites (tertiary alicyclic amines) is 1. The Balaban J connectivity index is 1.54. The number of benzene rings is 1. The maximum absolute atomic E-state index is 14.6. The van der Waals surface area contributed by atoms with Crippen LogP contribution in [0.3, 0.4) is 0 Å². The Hall–Kier alpha value is -3.10. The third-order valence-corrected chi connectivity index (χ3v) is 6.77. The van der Waals surface area contributed by atoms with Gasteiger partial charge in [0.2, 0.25) is 0 Å². The molecule has 7 nitrogen and oxygen atoms in total. The summed E-state index contributed by atoms with van der Waals surface area (Å²) in [5, 5.41) is 13.6. The first-order valence-corrected chi connectivity index (χ1v) is 11.9. The average molecular weight is 482 g/mol. The summed E-state index contributed by atoms with van der Waals surface area (Å²) >= 11 is 6.09. The Morgan fingerprint density at radius 2 is 2.00 bits per heavy atom. The second-order valence-corrected chi connectivity index (χ2v) is 9.28. The van der Waals surface area contributed by atoms with Crippen molar-refractivity contribution in [3.05, 3.63) is 64.8 Å². The fourth-order valence-corrected chi connectivity index (χ4v) is 4.90. The average Bonchev–Trinajstić information content (AvgIpc) is 3.53. The number of carbonyl (C=O) groups is 1. The molecule has 0 bridgehead atoms. The van der Waals surface area contributed by atoms with Crippen molar-refractivity contribution in [1.29, 1.82) is 0 Å². The zero-order chi connectivity index (χ0) is 23.7. The summed E-state index contributed by atoms with van der Waals surface area (Å²) in [7, 11) is 0. The Morgan fingerprint density at radius 3 is 2.76 bits per heavy atom. The zero-order valence-corrected chi connectivity index (χ0v) is 19.3. The highest BCUT2D eigenvalue weighted by molar-refractivity contribution is 6.30. The minimum Gasteiger partial charge on any atom is -0.391 e. The zero-order valence-electron chi connectivity index (χ0n) is 18.5. The van der Waals surface area contributed by atoms with Crippen LogP contribution in [0, 0.1) is 5.82 Å². The smallest absolute Gasteiger partial charge is 0.257 e. The summed E-state index contributed by atoms with van der Waals surface area (Å²) in [6, 6.07) is 6.00. The first-order chi connectivity index (χ1) is 16.5. The number of pyridine rings is 1. The molecular weight excluding hydrogens is 457 g/mol. The van der Waals surface area contributed by atoms with Crippen LogP contribution in [0.1, 0.15) is 53.9 Å². The van der Waals surface area contributed by atoms with Crippen LogP contribution in [0.25, 0.3) is 11.4 Å². The highest BCUT2D eigenvalue weighted by Crippen LogP contribution is 2.39. The van der Waals surface area contributed by atoms with Crippen LogP contribution in [0.4, 0.5) is 15.9 Å². The minimum absolute atomic E-state index is 0.204. The number of hydrogen-bond donors (Lipinski definition) is 2. The lowest BCUT2D eigenvalue weighted by Gasteiger charge is -2.20. The molecule has 2 aromatic heterocycles. The second kappa shape index (κ2) is 9.64. The fourth-order valence-electron chi connectivity index (χ4n) is 4.72. The van der Waals surface area contributed by atoms with Gasteiger partial charge in [-0.2, -0.15) is 0 Å². The van der Waals surface area contributed by atoms with Crippen molar-refractivity contribution in [3.8, 4) is 11.4 Å². The van der Waals surface area contributed by atoms with E-state index in [1.54, 1.807) is 23.4 Å². The first-order valence-electron chi connectivity index (χ1n) is 11.5. The van der Waals surface area contributed by atoms with Crippen LogP contribution in [0.5, 0.6) is 0 Å². The van der Waals surface area contributed by atoms with E-state index in [0.717, 1.165) is 31.2 Å². The number of anilines is 2. The van der Waals surface area contributed by atoms with E-state index in [2.05, 4.69) is 20.3 Å². The lowest BCUT2D eigenvalue weighted by atomic mass is 9.99. The van der Waals surface area contributed by atoms with Crippen LogP contribution in [0.2, 0.25) is 5.02 Å². The van der Waals surface area contributed by atoms with Crippen LogP contribution >= 0.6 is 11.6 Å². The Kier molecular flexibility index (Phi) is 6.43. The van der Waals surface area contributed by atoms with Gasteiger partial charge in [0.25, 0.3) is 5.91 Å². The lowest BCUT2D eigenvalue weighted by Crippen LogP contribution is -2.30. The number of β-amino-alcohol motifs (C(OH)–C–C–N with tert-alkyl or cyclic N) is 1. The molecule has 1 amide bonds. The largest absolute Gasteiger partial charge is 0.391 e. The third-order valence-electron chi connectivity index (χ3n) is 6.54. The molecule has 3 heterocycles. The fraction of sp³-hybridized carbons (Fsp3) is 0.360. The molecule has 9 heteroatoms. The molecule has 0 spiro atoms. The van der Waals surface area contributed by atoms with Gasteiger partial charge in [0.15, 0.2) is 5.82 Å². The number of amides is 1. The van der Waals surface area contributed by atoms with Gasteiger partial charge < -0.3 is 15.3 Å². The lowest BCUT2D eigenvalue weighted by molar-refractivity contribution is 0.0765. The number of carbonyl (C=O) groups excluding carboxylic acids is 1. The van der Waals surface area contributed by atoms with E-state index in [4.69, 9.17) is 11.6 Å². The van der Waals surface area contributed by atoms with E-state index in [-0.39, 0.29) is 23.2 Å². The molecule has 3 aromatic rings. The molecule has 5 rings (SSSR count). The number of aliphatic hydroxyl groups excluding tert-OH is 1. The summed E-state index contributed by atoms with van der Waals surface area (Å²) in [5.41, 5.74) is 2.10. The molecule has 1 saturated carbocycles. The number of aliphatic hydroxyl groups is 1. The molecule has 2 N–H and O–H groups in total. The molecule has 1 saturated heterocycles. The summed E-state index contributed by atoms with van der Waals surface area (Å²) in [6.45, 7) is 0.791. The number of nitrogens with one attached hydrogen (secondary N) is 1. The molecule has 1 aliphatic carbocycles. The number of aromatic nitrogens is 3. The number of hydrogen-bond acceptors (Lipinski definition) is 6. The van der Waals surface area contributed by atoms with Gasteiger partial charge in [-0.1, -0.05) is 24.4 Å². The van der Waals surface area contributed by atoms with Crippen LogP contribution in [-0.2, 0) is 0 Å². The third kappa shape index (κ3) is 4.60. The van der Waals surface area contributed by atoms with Crippen molar-refractivity contribution in [3.63, 3.8) is 0 Å². The molecule has 34 heavy (non-hydrogen) atoms. The molecular formula is C25H25ClFN5O2. The number of nitrogens with zero attached hydrogens (tertiary/aromatic N) is 4. The SMILES string of the molecule is O=C(c1cnccc1Nc1nc(-c2cc(Cl)ccc2F)ncc1C1CCCC1)N1CC[C@H](O)C1. The molecule has 1 aliphatic heterocycles. The number of rotatable bonds is 5. The normalized spacial score (nSPS) is 18.4. The van der Waals surface area contributed by atoms with E-state index < -0.39 is 11.9 Å². The Bertz CT molecular complexity index is 1220. The maximum Gasteiger partial charge on any atom is 0.257 e. The van der Waals surface area contributed by atoms with Gasteiger partial charge in [-0.25, -0.2) is 14.4 Å². The second-order valence-electron chi connectivity index (χ2n) is 8.84. The quantitative estimate of drug-likeness (QED) is 0.536. The van der Waals surface area contributed by atoms with E-state index in [1.807, 2.05) is 0 Å². The summed E-state index contributed by atoms with van der Waals surface area (Å²) in [5.74, 6) is 0.378. The van der Waals surface area contributed by atoms with E-state index in [1.165, 1.54) is 24.4 Å². The van der Waals surface area contributed by atoms with Crippen LogP contribution < -0.4 is 5.32 Å². The van der Waals surface area contributed by atoms with Crippen molar-refractivity contribution >= 4 is 29.0 Å². The highest BCUT2D eigenvalue weighted by atomic mass is 35.5. The highest BCUT2D eigenvalue weighted by Gasteiger charge is 2.28. The minimum atomic E-state index is -0.511. The monoisotopic (exact) mass is 481 g/mol. The van der Waals surface area contributed by atoms with Gasteiger partial charge in [-0.05, 0) is 49.4 Å². The number of halogens is 2. The standard InChI is InChI=1S/C25H25ClFN5O2/c26-16-5-6-21(27)18(11-16)23-29-13-19(15-3-1-2-4-15)24(31-23)30-22-7-9-28-12-20(22)25(34)32-10-8-17(33)14-32/h5-7,9,11-13,15,17,33H,1-4,8,10,14H2,(H,28,29,30,31)/t17-/m0/s1. The Labute approximate surface area is 202 Å². The van der Waals surface area contributed by atoms with E-state index in [9.17, 15) is 14.3 Å². The van der Waals surface area contributed by atoms with Gasteiger partial charge in [0.05, 0.1) is 22.9 Å². The summed E-state index contributed by atoms with van der Waals surface area (Å²) in [4.78, 5) is 28.1. The van der Waals surface area contributed by atoms with E-state index in [0.29, 0.717) is 41.6 Å². The summed E-state index contributed by atoms with van der Waals surface area (Å²) in [6.07, 6.45) is 9.23. The van der Waals surface area contributed by atoms with Gasteiger partial charge in [-0.3, -0.25) is 9.78 Å². The molecule has 2 fully saturated rings.